The molecule has 5 amide bonds. The van der Waals surface area contributed by atoms with Gasteiger partial charge in [-0.3, -0.25) is 24.0 Å². The fourth-order valence-corrected chi connectivity index (χ4v) is 3.53. The minimum Gasteiger partial charge on any atom is -0.388 e. The molecule has 0 aromatic heterocycles. The van der Waals surface area contributed by atoms with Crippen LogP contribution >= 0.6 is 0 Å². The Morgan fingerprint density at radius 1 is 0.919 bits per heavy atom. The predicted molar refractivity (Wildman–Crippen MR) is 134 cm³/mol. The molecule has 1 rings (SSSR count). The standard InChI is InChI=1S/C25H38FN5O6/c1-14(2)22(29-16(4)32)25(37)31-19(12-17-8-6-5-7-9-17)24(36)28-15(3)23(35)30-18(20(33)13-26)10-11-21(27)34/h5-9,14-15,18-20,22,33H,10-13H2,1-4H3,(H2,27,34)(H,28,36)(H,29,32)(H,30,35)(H,31,37)/t15-,18?,19-,20?,22-/m0/s1. The fourth-order valence-electron chi connectivity index (χ4n) is 3.53. The second kappa shape index (κ2) is 15.5. The van der Waals surface area contributed by atoms with Crippen molar-refractivity contribution in [3.05, 3.63) is 35.9 Å². The van der Waals surface area contributed by atoms with Gasteiger partial charge in [0.25, 0.3) is 0 Å². The van der Waals surface area contributed by atoms with Gasteiger partial charge in [-0.2, -0.15) is 0 Å². The number of rotatable bonds is 15. The van der Waals surface area contributed by atoms with E-state index in [1.807, 2.05) is 0 Å². The molecule has 1 aromatic carbocycles. The third kappa shape index (κ3) is 11.4. The number of alkyl halides is 1. The van der Waals surface area contributed by atoms with Gasteiger partial charge < -0.3 is 32.1 Å². The van der Waals surface area contributed by atoms with Crippen molar-refractivity contribution >= 4 is 29.5 Å². The summed E-state index contributed by atoms with van der Waals surface area (Å²) in [4.78, 5) is 61.4. The van der Waals surface area contributed by atoms with Crippen LogP contribution in [0.4, 0.5) is 4.39 Å². The number of aliphatic hydroxyl groups excluding tert-OH is 1. The highest BCUT2D eigenvalue weighted by molar-refractivity contribution is 5.94. The zero-order chi connectivity index (χ0) is 28.1. The molecule has 0 radical (unpaired) electrons. The molecule has 0 saturated carbocycles. The lowest BCUT2D eigenvalue weighted by molar-refractivity contribution is -0.134. The van der Waals surface area contributed by atoms with E-state index in [9.17, 15) is 33.5 Å². The van der Waals surface area contributed by atoms with Crippen molar-refractivity contribution in [2.24, 2.45) is 11.7 Å². The SMILES string of the molecule is CC(=O)N[C@H](C(=O)N[C@@H](Cc1ccccc1)C(=O)N[C@@H](C)C(=O)NC(CCC(N)=O)C(O)CF)C(C)C. The average Bonchev–Trinajstić information content (AvgIpc) is 2.83. The van der Waals surface area contributed by atoms with E-state index >= 15 is 0 Å². The molecule has 7 N–H and O–H groups in total. The maximum atomic E-state index is 13.1. The minimum absolute atomic E-state index is 0.0841. The molecule has 0 aliphatic carbocycles. The van der Waals surface area contributed by atoms with E-state index in [0.717, 1.165) is 5.56 Å². The van der Waals surface area contributed by atoms with Crippen LogP contribution in [0.1, 0.15) is 46.1 Å². The Hall–Kier alpha value is -3.54. The number of nitrogens with two attached hydrogens (primary N) is 1. The molecule has 0 aliphatic rings. The van der Waals surface area contributed by atoms with Gasteiger partial charge in [0.2, 0.25) is 29.5 Å². The lowest BCUT2D eigenvalue weighted by atomic mass is 10.0. The maximum absolute atomic E-state index is 13.1. The van der Waals surface area contributed by atoms with Gasteiger partial charge in [-0.1, -0.05) is 44.2 Å². The molecule has 12 heteroatoms. The van der Waals surface area contributed by atoms with Gasteiger partial charge in [0.1, 0.15) is 30.9 Å². The molecule has 0 fully saturated rings. The molecule has 0 spiro atoms. The number of aliphatic hydroxyl groups is 1. The average molecular weight is 524 g/mol. The Balaban J connectivity index is 3.00. The van der Waals surface area contributed by atoms with E-state index in [2.05, 4.69) is 21.3 Å². The van der Waals surface area contributed by atoms with Crippen LogP contribution in [0, 0.1) is 5.92 Å². The number of hydrogen-bond acceptors (Lipinski definition) is 6. The van der Waals surface area contributed by atoms with Crippen molar-refractivity contribution in [2.75, 3.05) is 6.67 Å². The van der Waals surface area contributed by atoms with Crippen LogP contribution in [0.3, 0.4) is 0 Å². The number of carbonyl (C=O) groups excluding carboxylic acids is 5. The van der Waals surface area contributed by atoms with E-state index in [1.165, 1.54) is 13.8 Å². The summed E-state index contributed by atoms with van der Waals surface area (Å²) in [5, 5.41) is 20.0. The summed E-state index contributed by atoms with van der Waals surface area (Å²) in [5.41, 5.74) is 5.85. The van der Waals surface area contributed by atoms with Gasteiger partial charge >= 0.3 is 0 Å². The summed E-state index contributed by atoms with van der Waals surface area (Å²) < 4.78 is 13.0. The number of hydrogen-bond donors (Lipinski definition) is 6. The number of carbonyl (C=O) groups is 5. The van der Waals surface area contributed by atoms with Crippen molar-refractivity contribution in [1.82, 2.24) is 21.3 Å². The monoisotopic (exact) mass is 523 g/mol. The quantitative estimate of drug-likeness (QED) is 0.180. The van der Waals surface area contributed by atoms with Gasteiger partial charge in [0, 0.05) is 19.8 Å². The van der Waals surface area contributed by atoms with Crippen LogP contribution in [0.2, 0.25) is 0 Å². The lowest BCUT2D eigenvalue weighted by Crippen LogP contribution is -2.58. The highest BCUT2D eigenvalue weighted by Gasteiger charge is 2.30. The van der Waals surface area contributed by atoms with Crippen molar-refractivity contribution in [1.29, 1.82) is 0 Å². The summed E-state index contributed by atoms with van der Waals surface area (Å²) in [6, 6.07) is 4.73. The maximum Gasteiger partial charge on any atom is 0.243 e. The highest BCUT2D eigenvalue weighted by atomic mass is 19.1. The number of benzene rings is 1. The molecule has 0 saturated heterocycles. The molecule has 206 valence electrons. The number of halogens is 1. The van der Waals surface area contributed by atoms with Crippen LogP contribution in [-0.2, 0) is 30.4 Å². The molecule has 37 heavy (non-hydrogen) atoms. The smallest absolute Gasteiger partial charge is 0.243 e. The van der Waals surface area contributed by atoms with Gasteiger partial charge in [0.15, 0.2) is 0 Å². The molecule has 1 aromatic rings. The zero-order valence-corrected chi connectivity index (χ0v) is 21.6. The summed E-state index contributed by atoms with van der Waals surface area (Å²) in [7, 11) is 0. The van der Waals surface area contributed by atoms with E-state index in [4.69, 9.17) is 5.73 Å². The van der Waals surface area contributed by atoms with Crippen LogP contribution in [0.25, 0.3) is 0 Å². The second-order valence-electron chi connectivity index (χ2n) is 9.25. The van der Waals surface area contributed by atoms with Crippen molar-refractivity contribution in [2.45, 2.75) is 77.2 Å². The topological polar surface area (TPSA) is 180 Å². The van der Waals surface area contributed by atoms with E-state index in [0.29, 0.717) is 0 Å². The van der Waals surface area contributed by atoms with E-state index in [1.54, 1.807) is 44.2 Å². The molecule has 0 heterocycles. The third-order valence-corrected chi connectivity index (χ3v) is 5.63. The van der Waals surface area contributed by atoms with Crippen LogP contribution < -0.4 is 27.0 Å². The number of amides is 5. The molecule has 5 atom stereocenters. The van der Waals surface area contributed by atoms with E-state index < -0.39 is 66.5 Å². The molecular weight excluding hydrogens is 485 g/mol. The molecule has 2 unspecified atom stereocenters. The first kappa shape index (κ1) is 31.5. The Morgan fingerprint density at radius 2 is 1.54 bits per heavy atom. The first-order chi connectivity index (χ1) is 17.3. The van der Waals surface area contributed by atoms with Crippen LogP contribution in [0.5, 0.6) is 0 Å². The Labute approximate surface area is 216 Å². The molecule has 0 aliphatic heterocycles. The number of primary amides is 1. The Morgan fingerprint density at radius 3 is 2.05 bits per heavy atom. The van der Waals surface area contributed by atoms with Gasteiger partial charge in [-0.05, 0) is 24.8 Å². The van der Waals surface area contributed by atoms with Gasteiger partial charge in [-0.15, -0.1) is 0 Å². The summed E-state index contributed by atoms with van der Waals surface area (Å²) in [6.45, 7) is 5.02. The van der Waals surface area contributed by atoms with Crippen molar-refractivity contribution < 1.29 is 33.5 Å². The summed E-state index contributed by atoms with van der Waals surface area (Å²) in [5.74, 6) is -3.28. The summed E-state index contributed by atoms with van der Waals surface area (Å²) in [6.07, 6.45) is -1.71. The first-order valence-electron chi connectivity index (χ1n) is 12.1. The third-order valence-electron chi connectivity index (χ3n) is 5.63. The van der Waals surface area contributed by atoms with Crippen molar-refractivity contribution in [3.8, 4) is 0 Å². The van der Waals surface area contributed by atoms with Crippen LogP contribution in [0.15, 0.2) is 30.3 Å². The highest BCUT2D eigenvalue weighted by Crippen LogP contribution is 2.08. The largest absolute Gasteiger partial charge is 0.388 e. The van der Waals surface area contributed by atoms with Crippen LogP contribution in [-0.4, -0.2) is 71.6 Å². The van der Waals surface area contributed by atoms with Crippen molar-refractivity contribution in [3.63, 3.8) is 0 Å². The molecular formula is C25H38FN5O6. The molecule has 11 nitrogen and oxygen atoms in total. The van der Waals surface area contributed by atoms with Gasteiger partial charge in [0.05, 0.1) is 6.04 Å². The lowest BCUT2D eigenvalue weighted by Gasteiger charge is -2.27. The summed E-state index contributed by atoms with van der Waals surface area (Å²) >= 11 is 0. The second-order valence-corrected chi connectivity index (χ2v) is 9.25. The normalized spacial score (nSPS) is 15.0. The zero-order valence-electron chi connectivity index (χ0n) is 21.6. The number of nitrogens with one attached hydrogen (secondary N) is 4. The minimum atomic E-state index is -1.56. The van der Waals surface area contributed by atoms with E-state index in [-0.39, 0.29) is 25.2 Å². The Bertz CT molecular complexity index is 929. The Kier molecular flexibility index (Phi) is 13.2. The first-order valence-corrected chi connectivity index (χ1v) is 12.1. The predicted octanol–water partition coefficient (Wildman–Crippen LogP) is -0.540. The van der Waals surface area contributed by atoms with Gasteiger partial charge in [-0.25, -0.2) is 4.39 Å². The molecule has 0 bridgehead atoms. The fraction of sp³-hybridized carbons (Fsp3) is 0.560.